The van der Waals surface area contributed by atoms with Crippen molar-refractivity contribution in [1.82, 2.24) is 0 Å². The maximum absolute atomic E-state index is 14.5. The SMILES string of the molecule is O=[N+]([O-])c1ccc(C2(OC3(c4ccc([N+](=O)[O-])c(F)c4)CCCCO3)CCCCO2)cc1F. The number of halogens is 2. The molecule has 0 radical (unpaired) electrons. The van der Waals surface area contributed by atoms with Gasteiger partial charge in [0.05, 0.1) is 23.1 Å². The molecule has 2 atom stereocenters. The molecule has 176 valence electrons. The first-order valence-corrected chi connectivity index (χ1v) is 10.6. The first kappa shape index (κ1) is 23.1. The molecule has 2 aliphatic rings. The number of hydrogen-bond acceptors (Lipinski definition) is 7. The van der Waals surface area contributed by atoms with E-state index in [1.54, 1.807) is 0 Å². The van der Waals surface area contributed by atoms with Crippen LogP contribution in [0.1, 0.15) is 49.7 Å². The van der Waals surface area contributed by atoms with Gasteiger partial charge in [0.1, 0.15) is 0 Å². The first-order chi connectivity index (χ1) is 15.8. The van der Waals surface area contributed by atoms with Crippen LogP contribution in [0.2, 0.25) is 0 Å². The number of nitrogens with zero attached hydrogens (tertiary/aromatic N) is 2. The van der Waals surface area contributed by atoms with Crippen LogP contribution in [-0.2, 0) is 25.8 Å². The van der Waals surface area contributed by atoms with Crippen molar-refractivity contribution in [1.29, 1.82) is 0 Å². The predicted molar refractivity (Wildman–Crippen MR) is 110 cm³/mol. The highest BCUT2D eigenvalue weighted by atomic mass is 19.1. The highest BCUT2D eigenvalue weighted by molar-refractivity contribution is 5.38. The van der Waals surface area contributed by atoms with E-state index in [1.165, 1.54) is 12.1 Å². The average Bonchev–Trinajstić information content (AvgIpc) is 2.79. The minimum absolute atomic E-state index is 0.237. The summed E-state index contributed by atoms with van der Waals surface area (Å²) in [6, 6.07) is 6.87. The quantitative estimate of drug-likeness (QED) is 0.426. The average molecular weight is 464 g/mol. The molecule has 2 saturated heterocycles. The molecular weight excluding hydrogens is 442 g/mol. The third-order valence-corrected chi connectivity index (χ3v) is 5.97. The van der Waals surface area contributed by atoms with Gasteiger partial charge in [-0.15, -0.1) is 0 Å². The Morgan fingerprint density at radius 3 is 1.48 bits per heavy atom. The second kappa shape index (κ2) is 9.08. The largest absolute Gasteiger partial charge is 0.346 e. The van der Waals surface area contributed by atoms with Crippen molar-refractivity contribution in [2.24, 2.45) is 0 Å². The fourth-order valence-electron chi connectivity index (χ4n) is 4.32. The van der Waals surface area contributed by atoms with Crippen LogP contribution < -0.4 is 0 Å². The lowest BCUT2D eigenvalue weighted by Crippen LogP contribution is -2.47. The molecule has 11 heteroatoms. The lowest BCUT2D eigenvalue weighted by Gasteiger charge is -2.47. The van der Waals surface area contributed by atoms with Crippen molar-refractivity contribution >= 4 is 11.4 Å². The van der Waals surface area contributed by atoms with Crippen molar-refractivity contribution in [3.63, 3.8) is 0 Å². The second-order valence-corrected chi connectivity index (χ2v) is 8.07. The number of ether oxygens (including phenoxy) is 3. The predicted octanol–water partition coefficient (Wildman–Crippen LogP) is 5.20. The molecule has 2 aromatic rings. The van der Waals surface area contributed by atoms with Crippen molar-refractivity contribution < 1.29 is 32.8 Å². The van der Waals surface area contributed by atoms with Crippen molar-refractivity contribution in [2.45, 2.75) is 50.1 Å². The Kier molecular flexibility index (Phi) is 6.37. The Morgan fingerprint density at radius 2 is 1.18 bits per heavy atom. The van der Waals surface area contributed by atoms with E-state index in [0.717, 1.165) is 37.1 Å². The molecule has 0 amide bonds. The van der Waals surface area contributed by atoms with Gasteiger partial charge in [0.2, 0.25) is 11.6 Å². The van der Waals surface area contributed by atoms with Crippen LogP contribution >= 0.6 is 0 Å². The van der Waals surface area contributed by atoms with Gasteiger partial charge in [0, 0.05) is 36.1 Å². The van der Waals surface area contributed by atoms with E-state index in [1.807, 2.05) is 0 Å². The zero-order valence-electron chi connectivity index (χ0n) is 17.6. The topological polar surface area (TPSA) is 114 Å². The molecule has 0 saturated carbocycles. The van der Waals surface area contributed by atoms with E-state index in [0.29, 0.717) is 38.9 Å². The van der Waals surface area contributed by atoms with Gasteiger partial charge in [0.15, 0.2) is 11.6 Å². The van der Waals surface area contributed by atoms with Crippen LogP contribution in [0, 0.1) is 31.9 Å². The zero-order valence-corrected chi connectivity index (χ0v) is 17.6. The van der Waals surface area contributed by atoms with Gasteiger partial charge >= 0.3 is 11.4 Å². The molecule has 2 fully saturated rings. The van der Waals surface area contributed by atoms with Gasteiger partial charge in [-0.3, -0.25) is 20.2 Å². The Balaban J connectivity index is 1.79. The van der Waals surface area contributed by atoms with Gasteiger partial charge in [-0.25, -0.2) is 0 Å². The third-order valence-electron chi connectivity index (χ3n) is 5.97. The van der Waals surface area contributed by atoms with Crippen molar-refractivity contribution in [2.75, 3.05) is 13.2 Å². The summed E-state index contributed by atoms with van der Waals surface area (Å²) >= 11 is 0. The molecule has 33 heavy (non-hydrogen) atoms. The Hall–Kier alpha value is -3.02. The van der Waals surface area contributed by atoms with Crippen LogP contribution in [0.3, 0.4) is 0 Å². The lowest BCUT2D eigenvalue weighted by atomic mass is 9.92. The third kappa shape index (κ3) is 4.43. The molecule has 0 N–H and O–H groups in total. The summed E-state index contributed by atoms with van der Waals surface area (Å²) in [5.41, 5.74) is -0.876. The smallest absolute Gasteiger partial charge is 0.304 e. The normalized spacial score (nSPS) is 25.5. The fraction of sp³-hybridized carbons (Fsp3) is 0.455. The minimum Gasteiger partial charge on any atom is -0.346 e. The maximum atomic E-state index is 14.5. The van der Waals surface area contributed by atoms with Gasteiger partial charge in [-0.2, -0.15) is 8.78 Å². The first-order valence-electron chi connectivity index (χ1n) is 10.6. The summed E-state index contributed by atoms with van der Waals surface area (Å²) < 4.78 is 47.5. The van der Waals surface area contributed by atoms with E-state index in [2.05, 4.69) is 0 Å². The maximum Gasteiger partial charge on any atom is 0.304 e. The summed E-state index contributed by atoms with van der Waals surface area (Å²) in [4.78, 5) is 20.5. The molecule has 4 rings (SSSR count). The molecule has 2 heterocycles. The van der Waals surface area contributed by atoms with E-state index >= 15 is 0 Å². The van der Waals surface area contributed by atoms with E-state index in [-0.39, 0.29) is 11.1 Å². The summed E-state index contributed by atoms with van der Waals surface area (Å²) in [7, 11) is 0. The van der Waals surface area contributed by atoms with Crippen LogP contribution in [0.25, 0.3) is 0 Å². The second-order valence-electron chi connectivity index (χ2n) is 8.07. The van der Waals surface area contributed by atoms with Crippen molar-refractivity contribution in [3.8, 4) is 0 Å². The van der Waals surface area contributed by atoms with Crippen LogP contribution in [0.15, 0.2) is 36.4 Å². The Bertz CT molecular complexity index is 983. The highest BCUT2D eigenvalue weighted by Gasteiger charge is 2.48. The molecule has 0 aromatic heterocycles. The molecular formula is C22H22F2N2O7. The number of rotatable bonds is 6. The molecule has 2 aromatic carbocycles. The number of benzene rings is 2. The Morgan fingerprint density at radius 1 is 0.758 bits per heavy atom. The van der Waals surface area contributed by atoms with E-state index < -0.39 is 44.4 Å². The van der Waals surface area contributed by atoms with Crippen molar-refractivity contribution in [3.05, 3.63) is 79.4 Å². The summed E-state index contributed by atoms with van der Waals surface area (Å²) in [5, 5.41) is 22.1. The van der Waals surface area contributed by atoms with E-state index in [9.17, 15) is 29.0 Å². The number of nitro groups is 2. The Labute approximate surface area is 187 Å². The molecule has 9 nitrogen and oxygen atoms in total. The fourth-order valence-corrected chi connectivity index (χ4v) is 4.32. The highest BCUT2D eigenvalue weighted by Crippen LogP contribution is 2.47. The molecule has 2 unspecified atom stereocenters. The minimum atomic E-state index is -1.50. The van der Waals surface area contributed by atoms with Gasteiger partial charge in [0.25, 0.3) is 0 Å². The number of nitro benzene ring substituents is 2. The van der Waals surface area contributed by atoms with Crippen LogP contribution in [0.5, 0.6) is 0 Å². The summed E-state index contributed by atoms with van der Waals surface area (Å²) in [6.07, 6.45) is 3.43. The van der Waals surface area contributed by atoms with Crippen LogP contribution in [-0.4, -0.2) is 23.1 Å². The van der Waals surface area contributed by atoms with Gasteiger partial charge in [-0.1, -0.05) is 0 Å². The molecule has 0 bridgehead atoms. The molecule has 0 aliphatic carbocycles. The summed E-state index contributed by atoms with van der Waals surface area (Å²) in [5.74, 6) is -5.06. The number of hydrogen-bond donors (Lipinski definition) is 0. The van der Waals surface area contributed by atoms with Crippen LogP contribution in [0.4, 0.5) is 20.2 Å². The molecule has 2 aliphatic heterocycles. The van der Waals surface area contributed by atoms with E-state index in [4.69, 9.17) is 14.2 Å². The standard InChI is InChI=1S/C22H22F2N2O7/c23-17-13-15(5-7-19(17)25(27)28)21(9-1-3-11-31-21)33-22(10-2-4-12-32-22)16-6-8-20(26(29)30)18(24)14-16/h5-8,13-14H,1-4,9-12H2. The monoisotopic (exact) mass is 464 g/mol. The summed E-state index contributed by atoms with van der Waals surface area (Å²) in [6.45, 7) is 0.590. The lowest BCUT2D eigenvalue weighted by molar-refractivity contribution is -0.393. The zero-order chi connectivity index (χ0) is 23.6. The van der Waals surface area contributed by atoms with Gasteiger partial charge in [-0.05, 0) is 49.9 Å². The molecule has 0 spiro atoms. The van der Waals surface area contributed by atoms with Gasteiger partial charge < -0.3 is 14.2 Å².